The van der Waals surface area contributed by atoms with Crippen molar-refractivity contribution < 1.29 is 33.0 Å². The van der Waals surface area contributed by atoms with Crippen LogP contribution < -0.4 is 10.1 Å². The zero-order valence-electron chi connectivity index (χ0n) is 21.0. The molecule has 1 N–H and O–H groups in total. The fourth-order valence-electron chi connectivity index (χ4n) is 3.51. The minimum atomic E-state index is -0.623. The van der Waals surface area contributed by atoms with Crippen molar-refractivity contribution in [1.82, 2.24) is 5.32 Å². The largest absolute Gasteiger partial charge is 0.496 e. The average Bonchev–Trinajstić information content (AvgIpc) is 2.77. The van der Waals surface area contributed by atoms with Gasteiger partial charge in [0.25, 0.3) is 0 Å². The molecule has 1 atom stereocenters. The molecule has 0 aliphatic rings. The third kappa shape index (κ3) is 9.76. The van der Waals surface area contributed by atoms with Crippen molar-refractivity contribution in [2.45, 2.75) is 65.0 Å². The van der Waals surface area contributed by atoms with Gasteiger partial charge in [-0.15, -0.1) is 0 Å². The van der Waals surface area contributed by atoms with Gasteiger partial charge >= 0.3 is 11.9 Å². The number of amides is 1. The number of hydrogen-bond acceptors (Lipinski definition) is 6. The highest BCUT2D eigenvalue weighted by Gasteiger charge is 2.21. The van der Waals surface area contributed by atoms with Crippen molar-refractivity contribution in [2.75, 3.05) is 13.7 Å². The van der Waals surface area contributed by atoms with Crippen molar-refractivity contribution in [2.24, 2.45) is 0 Å². The fourth-order valence-corrected chi connectivity index (χ4v) is 3.51. The van der Waals surface area contributed by atoms with Crippen LogP contribution in [0, 0.1) is 5.82 Å². The third-order valence-electron chi connectivity index (χ3n) is 4.97. The molecule has 35 heavy (non-hydrogen) atoms. The molecule has 0 fully saturated rings. The second-order valence-electron chi connectivity index (χ2n) is 9.11. The molecule has 0 aromatic heterocycles. The van der Waals surface area contributed by atoms with Gasteiger partial charge in [-0.2, -0.15) is 0 Å². The fraction of sp³-hybridized carbons (Fsp3) is 0.444. The molecule has 0 heterocycles. The summed E-state index contributed by atoms with van der Waals surface area (Å²) in [6.45, 7) is 7.23. The molecule has 0 aliphatic heterocycles. The van der Waals surface area contributed by atoms with Crippen molar-refractivity contribution in [3.05, 3.63) is 53.8 Å². The SMILES string of the molecule is CCOC(=O)C[C@@H](Cc1ccc(-c2cc(F)ccc2OC)cc1)NC(=O)CCC(=O)OC(C)(C)C. The highest BCUT2D eigenvalue weighted by Crippen LogP contribution is 2.31. The number of ether oxygens (including phenoxy) is 3. The van der Waals surface area contributed by atoms with E-state index >= 15 is 0 Å². The van der Waals surface area contributed by atoms with Gasteiger partial charge in [0.2, 0.25) is 5.91 Å². The summed E-state index contributed by atoms with van der Waals surface area (Å²) in [5.41, 5.74) is 1.64. The number of nitrogens with one attached hydrogen (secondary N) is 1. The van der Waals surface area contributed by atoms with E-state index < -0.39 is 23.6 Å². The van der Waals surface area contributed by atoms with Gasteiger partial charge in [0, 0.05) is 18.0 Å². The number of hydrogen-bond donors (Lipinski definition) is 1. The predicted molar refractivity (Wildman–Crippen MR) is 130 cm³/mol. The summed E-state index contributed by atoms with van der Waals surface area (Å²) in [4.78, 5) is 36.5. The number of halogens is 1. The van der Waals surface area contributed by atoms with Gasteiger partial charge in [0.05, 0.1) is 26.6 Å². The minimum Gasteiger partial charge on any atom is -0.496 e. The third-order valence-corrected chi connectivity index (χ3v) is 4.97. The maximum absolute atomic E-state index is 13.8. The van der Waals surface area contributed by atoms with Crippen LogP contribution in [0.3, 0.4) is 0 Å². The first-order chi connectivity index (χ1) is 16.5. The molecule has 0 spiro atoms. The topological polar surface area (TPSA) is 90.9 Å². The molecule has 0 aliphatic carbocycles. The first kappa shape index (κ1) is 27.8. The van der Waals surface area contributed by atoms with E-state index in [9.17, 15) is 18.8 Å². The maximum atomic E-state index is 13.8. The summed E-state index contributed by atoms with van der Waals surface area (Å²) in [5.74, 6) is -1.06. The lowest BCUT2D eigenvalue weighted by Crippen LogP contribution is -2.38. The van der Waals surface area contributed by atoms with E-state index in [1.807, 2.05) is 24.3 Å². The molecular formula is C27H34FNO6. The van der Waals surface area contributed by atoms with Crippen molar-refractivity contribution in [3.63, 3.8) is 0 Å². The summed E-state index contributed by atoms with van der Waals surface area (Å²) >= 11 is 0. The Balaban J connectivity index is 2.08. The van der Waals surface area contributed by atoms with E-state index in [2.05, 4.69) is 5.32 Å². The van der Waals surface area contributed by atoms with Crippen LogP contribution in [0.5, 0.6) is 5.75 Å². The normalized spacial score (nSPS) is 11.9. The molecule has 7 nitrogen and oxygen atoms in total. The quantitative estimate of drug-likeness (QED) is 0.466. The van der Waals surface area contributed by atoms with Gasteiger partial charge in [-0.25, -0.2) is 4.39 Å². The van der Waals surface area contributed by atoms with Crippen molar-refractivity contribution in [1.29, 1.82) is 0 Å². The lowest BCUT2D eigenvalue weighted by molar-refractivity contribution is -0.156. The molecule has 190 valence electrons. The van der Waals surface area contributed by atoms with Crippen LogP contribution in [0.15, 0.2) is 42.5 Å². The number of benzene rings is 2. The summed E-state index contributed by atoms with van der Waals surface area (Å²) in [6.07, 6.45) is 0.259. The average molecular weight is 488 g/mol. The molecule has 0 unspecified atom stereocenters. The number of esters is 2. The number of methoxy groups -OCH3 is 1. The Kier molecular flexibility index (Phi) is 10.2. The van der Waals surface area contributed by atoms with Crippen molar-refractivity contribution in [3.8, 4) is 16.9 Å². The number of rotatable bonds is 11. The van der Waals surface area contributed by atoms with E-state index in [1.165, 1.54) is 19.2 Å². The molecule has 2 rings (SSSR count). The molecule has 0 saturated carbocycles. The van der Waals surface area contributed by atoms with Crippen LogP contribution in [-0.4, -0.2) is 43.2 Å². The summed E-state index contributed by atoms with van der Waals surface area (Å²) in [7, 11) is 1.52. The van der Waals surface area contributed by atoms with Crippen LogP contribution in [0.25, 0.3) is 11.1 Å². The Labute approximate surface area is 206 Å². The van der Waals surface area contributed by atoms with Gasteiger partial charge in [-0.3, -0.25) is 14.4 Å². The predicted octanol–water partition coefficient (Wildman–Crippen LogP) is 4.60. The summed E-state index contributed by atoms with van der Waals surface area (Å²) < 4.78 is 29.4. The van der Waals surface area contributed by atoms with Gasteiger partial charge in [-0.05, 0) is 63.4 Å². The van der Waals surface area contributed by atoms with Gasteiger partial charge in [0.15, 0.2) is 0 Å². The Morgan fingerprint density at radius 1 is 1.00 bits per heavy atom. The van der Waals surface area contributed by atoms with E-state index in [-0.39, 0.29) is 37.6 Å². The highest BCUT2D eigenvalue weighted by molar-refractivity contribution is 5.82. The highest BCUT2D eigenvalue weighted by atomic mass is 19.1. The lowest BCUT2D eigenvalue weighted by atomic mass is 9.98. The van der Waals surface area contributed by atoms with Crippen LogP contribution in [0.2, 0.25) is 0 Å². The van der Waals surface area contributed by atoms with E-state index in [4.69, 9.17) is 14.2 Å². The van der Waals surface area contributed by atoms with E-state index in [0.717, 1.165) is 11.1 Å². The molecule has 2 aromatic carbocycles. The van der Waals surface area contributed by atoms with E-state index in [0.29, 0.717) is 17.7 Å². The van der Waals surface area contributed by atoms with Crippen LogP contribution in [0.1, 0.15) is 52.5 Å². The van der Waals surface area contributed by atoms with Crippen LogP contribution in [0.4, 0.5) is 4.39 Å². The Bertz CT molecular complexity index is 1010. The summed E-state index contributed by atoms with van der Waals surface area (Å²) in [5, 5.41) is 2.83. The Hall–Kier alpha value is -3.42. The van der Waals surface area contributed by atoms with Gasteiger partial charge < -0.3 is 19.5 Å². The van der Waals surface area contributed by atoms with E-state index in [1.54, 1.807) is 33.8 Å². The second-order valence-corrected chi connectivity index (χ2v) is 9.11. The Morgan fingerprint density at radius 2 is 1.69 bits per heavy atom. The smallest absolute Gasteiger partial charge is 0.307 e. The zero-order valence-corrected chi connectivity index (χ0v) is 21.0. The minimum absolute atomic E-state index is 0.00844. The molecule has 8 heteroatoms. The van der Waals surface area contributed by atoms with Crippen molar-refractivity contribution >= 4 is 17.8 Å². The monoisotopic (exact) mass is 487 g/mol. The maximum Gasteiger partial charge on any atom is 0.307 e. The molecule has 2 aromatic rings. The number of carbonyl (C=O) groups is 3. The van der Waals surface area contributed by atoms with Crippen LogP contribution >= 0.6 is 0 Å². The molecule has 0 radical (unpaired) electrons. The first-order valence-electron chi connectivity index (χ1n) is 11.6. The van der Waals surface area contributed by atoms with Gasteiger partial charge in [0.1, 0.15) is 17.2 Å². The second kappa shape index (κ2) is 12.9. The van der Waals surface area contributed by atoms with Gasteiger partial charge in [-0.1, -0.05) is 24.3 Å². The van der Waals surface area contributed by atoms with Crippen LogP contribution in [-0.2, 0) is 30.3 Å². The summed E-state index contributed by atoms with van der Waals surface area (Å²) in [6, 6.07) is 11.2. The Morgan fingerprint density at radius 3 is 2.29 bits per heavy atom. The molecular weight excluding hydrogens is 453 g/mol. The molecule has 1 amide bonds. The molecule has 0 saturated heterocycles. The lowest BCUT2D eigenvalue weighted by Gasteiger charge is -2.20. The first-order valence-corrected chi connectivity index (χ1v) is 11.6. The standard InChI is InChI=1S/C27H34FNO6/c1-6-34-26(32)17-21(29-24(30)13-14-25(31)35-27(2,3)4)15-18-7-9-19(10-8-18)22-16-20(28)11-12-23(22)33-5/h7-12,16,21H,6,13-15,17H2,1-5H3,(H,29,30)/t21-/m1/s1. The zero-order chi connectivity index (χ0) is 26.0. The number of carbonyl (C=O) groups excluding carboxylic acids is 3. The molecule has 0 bridgehead atoms.